The van der Waals surface area contributed by atoms with Crippen LogP contribution < -0.4 is 10.9 Å². The predicted molar refractivity (Wildman–Crippen MR) is 138 cm³/mol. The highest BCUT2D eigenvalue weighted by molar-refractivity contribution is 7.89. The second kappa shape index (κ2) is 10.1. The molecule has 2 atom stereocenters. The number of aryl methyl sites for hydroxylation is 1. The molecule has 2 aliphatic rings. The van der Waals surface area contributed by atoms with Gasteiger partial charge in [0.15, 0.2) is 0 Å². The van der Waals surface area contributed by atoms with Crippen LogP contribution in [0.5, 0.6) is 0 Å². The number of hydrogen-bond donors (Lipinski definition) is 3. The van der Waals surface area contributed by atoms with Gasteiger partial charge in [-0.2, -0.15) is 9.40 Å². The second-order valence-electron chi connectivity index (χ2n) is 9.55. The van der Waals surface area contributed by atoms with Crippen LogP contribution in [0, 0.1) is 5.92 Å². The van der Waals surface area contributed by atoms with Crippen LogP contribution in [0.2, 0.25) is 5.02 Å². The summed E-state index contributed by atoms with van der Waals surface area (Å²) in [5.41, 5.74) is 0.557. The summed E-state index contributed by atoms with van der Waals surface area (Å²) in [6.45, 7) is 0.403. The molecule has 2 unspecified atom stereocenters. The summed E-state index contributed by atoms with van der Waals surface area (Å²) in [5.74, 6) is -2.10. The number of nitrogens with one attached hydrogen (secondary N) is 2. The Kier molecular flexibility index (Phi) is 7.03. The number of carboxylic acid groups (broad SMARTS) is 1. The number of rotatable bonds is 6. The number of halogens is 1. The molecule has 12 nitrogen and oxygen atoms in total. The molecule has 0 saturated carbocycles. The first kappa shape index (κ1) is 26.4. The van der Waals surface area contributed by atoms with Gasteiger partial charge >= 0.3 is 5.97 Å². The van der Waals surface area contributed by atoms with Gasteiger partial charge in [-0.15, -0.1) is 0 Å². The Hall–Kier alpha value is -3.26. The first-order chi connectivity index (χ1) is 18.1. The average molecular weight is 563 g/mol. The first-order valence-corrected chi connectivity index (χ1v) is 14.0. The molecule has 0 radical (unpaired) electrons. The molecule has 3 N–H and O–H groups in total. The van der Waals surface area contributed by atoms with Crippen LogP contribution in [-0.4, -0.2) is 81.6 Å². The molecule has 0 aliphatic carbocycles. The van der Waals surface area contributed by atoms with Crippen molar-refractivity contribution < 1.29 is 23.1 Å². The van der Waals surface area contributed by atoms with E-state index < -0.39 is 47.1 Å². The lowest BCUT2D eigenvalue weighted by atomic mass is 9.85. The molecular weight excluding hydrogens is 536 g/mol. The van der Waals surface area contributed by atoms with Crippen LogP contribution in [0.3, 0.4) is 0 Å². The van der Waals surface area contributed by atoms with E-state index in [2.05, 4.69) is 15.4 Å². The Labute approximate surface area is 223 Å². The largest absolute Gasteiger partial charge is 0.480 e. The SMILES string of the molecule is Cn1nc(C(C2CCNCC2)N2C(=O)CN(S(=O)(=O)c3ccc4c(Cl)c[nH]c4c3)CC2C(=O)O)ccc1=O. The number of carbonyl (C=O) groups excluding carboxylic acids is 1. The van der Waals surface area contributed by atoms with Gasteiger partial charge in [-0.25, -0.2) is 17.9 Å². The van der Waals surface area contributed by atoms with Gasteiger partial charge in [-0.1, -0.05) is 11.6 Å². The third-order valence-electron chi connectivity index (χ3n) is 7.25. The summed E-state index contributed by atoms with van der Waals surface area (Å²) in [7, 11) is -2.72. The number of aliphatic carboxylic acids is 1. The van der Waals surface area contributed by atoms with Crippen molar-refractivity contribution >= 4 is 44.4 Å². The molecule has 5 rings (SSSR count). The zero-order valence-corrected chi connectivity index (χ0v) is 22.1. The van der Waals surface area contributed by atoms with Crippen molar-refractivity contribution in [2.75, 3.05) is 26.2 Å². The van der Waals surface area contributed by atoms with Crippen molar-refractivity contribution in [2.24, 2.45) is 13.0 Å². The van der Waals surface area contributed by atoms with Crippen molar-refractivity contribution in [3.63, 3.8) is 0 Å². The summed E-state index contributed by atoms with van der Waals surface area (Å²) >= 11 is 6.11. The standard InChI is InChI=1S/C24H27ClN6O6S/c1-29-21(32)5-4-18(28-29)23(14-6-8-26-9-7-14)31-20(24(34)35)12-30(13-22(31)33)38(36,37)15-2-3-16-17(25)11-27-19(16)10-15/h2-5,10-11,14,20,23,26-27H,6-9,12-13H2,1H3,(H,34,35). The minimum absolute atomic E-state index is 0.0801. The van der Waals surface area contributed by atoms with Gasteiger partial charge in [-0.05, 0) is 56.1 Å². The van der Waals surface area contributed by atoms with Gasteiger partial charge in [-0.3, -0.25) is 9.59 Å². The summed E-state index contributed by atoms with van der Waals surface area (Å²) in [6.07, 6.45) is 2.86. The maximum Gasteiger partial charge on any atom is 0.327 e. The highest BCUT2D eigenvalue weighted by Gasteiger charge is 2.47. The number of H-pyrrole nitrogens is 1. The van der Waals surface area contributed by atoms with Crippen LogP contribution in [-0.2, 0) is 26.7 Å². The number of amides is 1. The Morgan fingerprint density at radius 3 is 2.61 bits per heavy atom. The topological polar surface area (TPSA) is 158 Å². The molecular formula is C24H27ClN6O6S. The van der Waals surface area contributed by atoms with Gasteiger partial charge in [0.2, 0.25) is 15.9 Å². The highest BCUT2D eigenvalue weighted by Crippen LogP contribution is 2.37. The third kappa shape index (κ3) is 4.70. The fourth-order valence-corrected chi connectivity index (χ4v) is 6.95. The van der Waals surface area contributed by atoms with Crippen LogP contribution in [0.4, 0.5) is 0 Å². The Bertz CT molecular complexity index is 1560. The lowest BCUT2D eigenvalue weighted by molar-refractivity contribution is -0.158. The summed E-state index contributed by atoms with van der Waals surface area (Å²) < 4.78 is 29.1. The molecule has 202 valence electrons. The molecule has 2 aliphatic heterocycles. The van der Waals surface area contributed by atoms with Gasteiger partial charge in [0.05, 0.1) is 28.2 Å². The van der Waals surface area contributed by atoms with E-state index in [-0.39, 0.29) is 16.4 Å². The molecule has 2 saturated heterocycles. The smallest absolute Gasteiger partial charge is 0.327 e. The van der Waals surface area contributed by atoms with E-state index in [4.69, 9.17) is 11.6 Å². The van der Waals surface area contributed by atoms with E-state index in [0.717, 1.165) is 8.99 Å². The number of aromatic amines is 1. The monoisotopic (exact) mass is 562 g/mol. The van der Waals surface area contributed by atoms with Gasteiger partial charge in [0.25, 0.3) is 5.56 Å². The van der Waals surface area contributed by atoms with E-state index in [9.17, 15) is 27.9 Å². The van der Waals surface area contributed by atoms with Crippen LogP contribution in [0.1, 0.15) is 24.6 Å². The van der Waals surface area contributed by atoms with Crippen LogP contribution >= 0.6 is 11.6 Å². The molecule has 2 fully saturated rings. The summed E-state index contributed by atoms with van der Waals surface area (Å²) in [4.78, 5) is 42.2. The molecule has 0 spiro atoms. The Balaban J connectivity index is 1.52. The molecule has 0 bridgehead atoms. The third-order valence-corrected chi connectivity index (χ3v) is 9.37. The average Bonchev–Trinajstić information content (AvgIpc) is 3.27. The molecule has 1 aromatic carbocycles. The van der Waals surface area contributed by atoms with Gasteiger partial charge in [0, 0.05) is 36.8 Å². The lowest BCUT2D eigenvalue weighted by Crippen LogP contribution is -2.62. The molecule has 4 heterocycles. The summed E-state index contributed by atoms with van der Waals surface area (Å²) in [6, 6.07) is 5.02. The maximum atomic E-state index is 13.6. The number of fused-ring (bicyclic) bond motifs is 1. The minimum Gasteiger partial charge on any atom is -0.480 e. The summed E-state index contributed by atoms with van der Waals surface area (Å²) in [5, 5.41) is 18.9. The number of sulfonamides is 1. The van der Waals surface area contributed by atoms with E-state index in [0.29, 0.717) is 47.6 Å². The van der Waals surface area contributed by atoms with Gasteiger partial charge < -0.3 is 20.3 Å². The highest BCUT2D eigenvalue weighted by atomic mass is 35.5. The fourth-order valence-electron chi connectivity index (χ4n) is 5.31. The number of nitrogens with zero attached hydrogens (tertiary/aromatic N) is 4. The van der Waals surface area contributed by atoms with E-state index in [1.165, 1.54) is 36.2 Å². The predicted octanol–water partition coefficient (Wildman–Crippen LogP) is 0.942. The first-order valence-electron chi connectivity index (χ1n) is 12.1. The molecule has 38 heavy (non-hydrogen) atoms. The van der Waals surface area contributed by atoms with Crippen molar-refractivity contribution in [1.82, 2.24) is 29.3 Å². The molecule has 1 amide bonds. The second-order valence-corrected chi connectivity index (χ2v) is 11.9. The van der Waals surface area contributed by atoms with Gasteiger partial charge in [0.1, 0.15) is 6.04 Å². The van der Waals surface area contributed by atoms with Crippen molar-refractivity contribution in [2.45, 2.75) is 29.8 Å². The quantitative estimate of drug-likeness (QED) is 0.400. The van der Waals surface area contributed by atoms with Crippen molar-refractivity contribution in [3.05, 3.63) is 57.6 Å². The van der Waals surface area contributed by atoms with E-state index >= 15 is 0 Å². The number of hydrogen-bond acceptors (Lipinski definition) is 7. The molecule has 2 aromatic heterocycles. The number of carboxylic acids is 1. The van der Waals surface area contributed by atoms with Crippen molar-refractivity contribution in [1.29, 1.82) is 0 Å². The maximum absolute atomic E-state index is 13.6. The zero-order valence-electron chi connectivity index (χ0n) is 20.5. The van der Waals surface area contributed by atoms with Crippen molar-refractivity contribution in [3.8, 4) is 0 Å². The minimum atomic E-state index is -4.21. The van der Waals surface area contributed by atoms with Crippen LogP contribution in [0.15, 0.2) is 46.2 Å². The Morgan fingerprint density at radius 2 is 1.92 bits per heavy atom. The number of piperazine rings is 1. The molecule has 3 aromatic rings. The number of benzene rings is 1. The molecule has 14 heteroatoms. The lowest BCUT2D eigenvalue weighted by Gasteiger charge is -2.45. The number of aromatic nitrogens is 3. The zero-order chi connectivity index (χ0) is 27.2. The fraction of sp³-hybridized carbons (Fsp3) is 0.417. The number of piperidine rings is 1. The number of carbonyl (C=O) groups is 2. The van der Waals surface area contributed by atoms with Crippen LogP contribution in [0.25, 0.3) is 10.9 Å². The Morgan fingerprint density at radius 1 is 1.18 bits per heavy atom. The van der Waals surface area contributed by atoms with E-state index in [1.807, 2.05) is 0 Å². The van der Waals surface area contributed by atoms with E-state index in [1.54, 1.807) is 12.3 Å². The normalized spacial score (nSPS) is 20.6.